The van der Waals surface area contributed by atoms with Crippen molar-refractivity contribution in [3.8, 4) is 0 Å². The average molecular weight is 375 g/mol. The van der Waals surface area contributed by atoms with Gasteiger partial charge in [0.15, 0.2) is 6.61 Å². The molecule has 26 heavy (non-hydrogen) atoms. The Balaban J connectivity index is 1.50. The number of morpholine rings is 1. The predicted molar refractivity (Wildman–Crippen MR) is 99.8 cm³/mol. The molecule has 2 aromatic carbocycles. The lowest BCUT2D eigenvalue weighted by molar-refractivity contribution is -0.119. The number of hydrogen-bond donors (Lipinski definition) is 1. The van der Waals surface area contributed by atoms with Gasteiger partial charge in [0.1, 0.15) is 0 Å². The standard InChI is InChI=1S/C19H19ClN2O4/c20-17-4-2-1-3-16(17)19(24)26-13-18(23)21-14-5-7-15(8-6-14)22-9-11-25-12-10-22/h1-8H,9-13H2,(H,21,23). The van der Waals surface area contributed by atoms with E-state index in [4.69, 9.17) is 21.1 Å². The van der Waals surface area contributed by atoms with Gasteiger partial charge in [0, 0.05) is 24.5 Å². The first-order valence-electron chi connectivity index (χ1n) is 8.28. The van der Waals surface area contributed by atoms with Gasteiger partial charge in [0.25, 0.3) is 5.91 Å². The Labute approximate surface area is 156 Å². The van der Waals surface area contributed by atoms with Crippen molar-refractivity contribution in [3.63, 3.8) is 0 Å². The molecule has 136 valence electrons. The van der Waals surface area contributed by atoms with Crippen LogP contribution in [0.25, 0.3) is 0 Å². The maximum Gasteiger partial charge on any atom is 0.340 e. The molecule has 1 saturated heterocycles. The summed E-state index contributed by atoms with van der Waals surface area (Å²) in [5.74, 6) is -1.04. The van der Waals surface area contributed by atoms with Crippen molar-refractivity contribution in [1.29, 1.82) is 0 Å². The summed E-state index contributed by atoms with van der Waals surface area (Å²) in [7, 11) is 0. The zero-order valence-electron chi connectivity index (χ0n) is 14.1. The van der Waals surface area contributed by atoms with Gasteiger partial charge in [-0.25, -0.2) is 4.79 Å². The van der Waals surface area contributed by atoms with Crippen molar-refractivity contribution in [2.45, 2.75) is 0 Å². The minimum atomic E-state index is -0.631. The monoisotopic (exact) mass is 374 g/mol. The van der Waals surface area contributed by atoms with Crippen LogP contribution < -0.4 is 10.2 Å². The third-order valence-electron chi connectivity index (χ3n) is 3.96. The number of halogens is 1. The Morgan fingerprint density at radius 2 is 1.77 bits per heavy atom. The Morgan fingerprint density at radius 3 is 2.46 bits per heavy atom. The van der Waals surface area contributed by atoms with E-state index in [9.17, 15) is 9.59 Å². The summed E-state index contributed by atoms with van der Waals surface area (Å²) in [6.45, 7) is 2.76. The minimum absolute atomic E-state index is 0.233. The quantitative estimate of drug-likeness (QED) is 0.815. The molecule has 3 rings (SSSR count). The van der Waals surface area contributed by atoms with Crippen LogP contribution in [0.4, 0.5) is 11.4 Å². The first-order valence-corrected chi connectivity index (χ1v) is 8.65. The molecule has 0 saturated carbocycles. The first kappa shape index (κ1) is 18.2. The molecule has 0 radical (unpaired) electrons. The second kappa shape index (κ2) is 8.69. The number of hydrogen-bond acceptors (Lipinski definition) is 5. The van der Waals surface area contributed by atoms with Gasteiger partial charge in [-0.3, -0.25) is 4.79 Å². The lowest BCUT2D eigenvalue weighted by Crippen LogP contribution is -2.36. The minimum Gasteiger partial charge on any atom is -0.452 e. The number of esters is 1. The highest BCUT2D eigenvalue weighted by Crippen LogP contribution is 2.19. The molecule has 1 amide bonds. The third-order valence-corrected chi connectivity index (χ3v) is 4.29. The fourth-order valence-electron chi connectivity index (χ4n) is 2.61. The van der Waals surface area contributed by atoms with Crippen molar-refractivity contribution in [3.05, 3.63) is 59.1 Å². The smallest absolute Gasteiger partial charge is 0.340 e. The van der Waals surface area contributed by atoms with Gasteiger partial charge in [0.05, 0.1) is 23.8 Å². The van der Waals surface area contributed by atoms with E-state index in [0.29, 0.717) is 5.69 Å². The molecule has 2 aromatic rings. The van der Waals surface area contributed by atoms with Crippen LogP contribution in [0.1, 0.15) is 10.4 Å². The maximum absolute atomic E-state index is 12.0. The molecule has 0 aromatic heterocycles. The molecule has 0 unspecified atom stereocenters. The van der Waals surface area contributed by atoms with E-state index >= 15 is 0 Å². The van der Waals surface area contributed by atoms with Crippen molar-refractivity contribution in [1.82, 2.24) is 0 Å². The second-order valence-electron chi connectivity index (χ2n) is 5.75. The Bertz CT molecular complexity index is 773. The molecule has 6 nitrogen and oxygen atoms in total. The number of ether oxygens (including phenoxy) is 2. The van der Waals surface area contributed by atoms with Crippen LogP contribution in [-0.2, 0) is 14.3 Å². The van der Waals surface area contributed by atoms with E-state index in [1.165, 1.54) is 0 Å². The fourth-order valence-corrected chi connectivity index (χ4v) is 2.82. The van der Waals surface area contributed by atoms with E-state index in [0.717, 1.165) is 32.0 Å². The van der Waals surface area contributed by atoms with Gasteiger partial charge in [-0.05, 0) is 36.4 Å². The number of anilines is 2. The Morgan fingerprint density at radius 1 is 1.08 bits per heavy atom. The highest BCUT2D eigenvalue weighted by molar-refractivity contribution is 6.33. The molecule has 7 heteroatoms. The van der Waals surface area contributed by atoms with Gasteiger partial charge in [-0.2, -0.15) is 0 Å². The Kier molecular flexibility index (Phi) is 6.09. The SMILES string of the molecule is O=C(COC(=O)c1ccccc1Cl)Nc1ccc(N2CCOCC2)cc1. The van der Waals surface area contributed by atoms with Crippen LogP contribution in [0.3, 0.4) is 0 Å². The lowest BCUT2D eigenvalue weighted by atomic mass is 10.2. The van der Waals surface area contributed by atoms with Gasteiger partial charge in [-0.15, -0.1) is 0 Å². The van der Waals surface area contributed by atoms with E-state index in [1.807, 2.05) is 24.3 Å². The summed E-state index contributed by atoms with van der Waals surface area (Å²) in [5.41, 5.74) is 1.95. The summed E-state index contributed by atoms with van der Waals surface area (Å²) < 4.78 is 10.3. The van der Waals surface area contributed by atoms with Crippen LogP contribution in [0.5, 0.6) is 0 Å². The molecular weight excluding hydrogens is 356 g/mol. The normalized spacial score (nSPS) is 14.0. The molecule has 0 atom stereocenters. The van der Waals surface area contributed by atoms with Crippen LogP contribution in [0.15, 0.2) is 48.5 Å². The summed E-state index contributed by atoms with van der Waals surface area (Å²) in [6, 6.07) is 14.1. The number of carbonyl (C=O) groups is 2. The Hall–Kier alpha value is -2.57. The van der Waals surface area contributed by atoms with Crippen molar-refractivity contribution in [2.24, 2.45) is 0 Å². The van der Waals surface area contributed by atoms with Crippen molar-refractivity contribution in [2.75, 3.05) is 43.1 Å². The summed E-state index contributed by atoms with van der Waals surface area (Å²) in [4.78, 5) is 26.1. The van der Waals surface area contributed by atoms with Crippen LogP contribution in [-0.4, -0.2) is 44.8 Å². The largest absolute Gasteiger partial charge is 0.452 e. The molecule has 1 N–H and O–H groups in total. The van der Waals surface area contributed by atoms with Crippen LogP contribution >= 0.6 is 11.6 Å². The van der Waals surface area contributed by atoms with E-state index in [-0.39, 0.29) is 17.2 Å². The molecule has 1 fully saturated rings. The number of rotatable bonds is 5. The van der Waals surface area contributed by atoms with Gasteiger partial charge in [0.2, 0.25) is 0 Å². The van der Waals surface area contributed by atoms with Gasteiger partial charge < -0.3 is 19.7 Å². The van der Waals surface area contributed by atoms with Crippen LogP contribution in [0, 0.1) is 0 Å². The molecule has 0 aliphatic carbocycles. The van der Waals surface area contributed by atoms with E-state index in [2.05, 4.69) is 10.2 Å². The van der Waals surface area contributed by atoms with Gasteiger partial charge in [-0.1, -0.05) is 23.7 Å². The molecule has 1 aliphatic heterocycles. The van der Waals surface area contributed by atoms with Crippen LogP contribution in [0.2, 0.25) is 5.02 Å². The second-order valence-corrected chi connectivity index (χ2v) is 6.16. The number of nitrogens with zero attached hydrogens (tertiary/aromatic N) is 1. The topological polar surface area (TPSA) is 67.9 Å². The molecular formula is C19H19ClN2O4. The summed E-state index contributed by atoms with van der Waals surface area (Å²) in [5, 5.41) is 2.99. The summed E-state index contributed by atoms with van der Waals surface area (Å²) in [6.07, 6.45) is 0. The van der Waals surface area contributed by atoms with Gasteiger partial charge >= 0.3 is 5.97 Å². The third kappa shape index (κ3) is 4.74. The molecule has 1 heterocycles. The zero-order chi connectivity index (χ0) is 18.4. The first-order chi connectivity index (χ1) is 12.6. The molecule has 1 aliphatic rings. The van der Waals surface area contributed by atoms with E-state index in [1.54, 1.807) is 24.3 Å². The number of nitrogens with one attached hydrogen (secondary N) is 1. The van der Waals surface area contributed by atoms with Crippen molar-refractivity contribution < 1.29 is 19.1 Å². The maximum atomic E-state index is 12.0. The average Bonchev–Trinajstić information content (AvgIpc) is 2.68. The number of benzene rings is 2. The molecule has 0 bridgehead atoms. The highest BCUT2D eigenvalue weighted by Gasteiger charge is 2.14. The lowest BCUT2D eigenvalue weighted by Gasteiger charge is -2.28. The molecule has 0 spiro atoms. The predicted octanol–water partition coefficient (Wildman–Crippen LogP) is 2.97. The fraction of sp³-hybridized carbons (Fsp3) is 0.263. The van der Waals surface area contributed by atoms with E-state index < -0.39 is 11.9 Å². The number of carbonyl (C=O) groups excluding carboxylic acids is 2. The highest BCUT2D eigenvalue weighted by atomic mass is 35.5. The zero-order valence-corrected chi connectivity index (χ0v) is 14.9. The summed E-state index contributed by atoms with van der Waals surface area (Å²) >= 11 is 5.93. The van der Waals surface area contributed by atoms with Crippen molar-refractivity contribution >= 4 is 34.9 Å². The number of amides is 1.